The number of hydrogen-bond acceptors (Lipinski definition) is 6. The number of fused-ring (bicyclic) bond motifs is 2. The number of methoxy groups -OCH3 is 1. The Labute approximate surface area is 188 Å². The van der Waals surface area contributed by atoms with Crippen LogP contribution in [-0.2, 0) is 0 Å². The van der Waals surface area contributed by atoms with E-state index in [4.69, 9.17) is 15.5 Å². The van der Waals surface area contributed by atoms with Gasteiger partial charge in [-0.2, -0.15) is 0 Å². The van der Waals surface area contributed by atoms with Gasteiger partial charge in [-0.15, -0.1) is 11.3 Å². The summed E-state index contributed by atoms with van der Waals surface area (Å²) in [6, 6.07) is 21.1. The quantitative estimate of drug-likeness (QED) is 0.376. The van der Waals surface area contributed by atoms with Gasteiger partial charge in [-0.1, -0.05) is 18.2 Å². The van der Waals surface area contributed by atoms with Gasteiger partial charge >= 0.3 is 0 Å². The molecule has 158 valence electrons. The van der Waals surface area contributed by atoms with Crippen molar-refractivity contribution in [2.24, 2.45) is 0 Å². The van der Waals surface area contributed by atoms with Gasteiger partial charge in [-0.25, -0.2) is 4.98 Å². The minimum Gasteiger partial charge on any atom is -0.497 e. The van der Waals surface area contributed by atoms with Crippen molar-refractivity contribution in [3.63, 3.8) is 0 Å². The molecular formula is C25H20N4O2S. The Balaban J connectivity index is 1.50. The highest BCUT2D eigenvalue weighted by Crippen LogP contribution is 2.35. The Morgan fingerprint density at radius 3 is 2.56 bits per heavy atom. The van der Waals surface area contributed by atoms with Crippen molar-refractivity contribution in [2.75, 3.05) is 18.2 Å². The van der Waals surface area contributed by atoms with Crippen molar-refractivity contribution in [3.8, 4) is 17.0 Å². The van der Waals surface area contributed by atoms with Crippen molar-refractivity contribution < 1.29 is 9.53 Å². The van der Waals surface area contributed by atoms with Crippen LogP contribution in [0.5, 0.6) is 5.75 Å². The molecule has 6 nitrogen and oxygen atoms in total. The lowest BCUT2D eigenvalue weighted by Crippen LogP contribution is -2.12. The lowest BCUT2D eigenvalue weighted by atomic mass is 10.1. The number of anilines is 2. The number of nitrogens with zero attached hydrogens (tertiary/aromatic N) is 2. The number of thiophene rings is 1. The highest BCUT2D eigenvalue weighted by Gasteiger charge is 2.19. The minimum atomic E-state index is -0.257. The first-order chi connectivity index (χ1) is 15.5. The van der Waals surface area contributed by atoms with Crippen LogP contribution in [0.3, 0.4) is 0 Å². The summed E-state index contributed by atoms with van der Waals surface area (Å²) in [7, 11) is 1.64. The molecule has 0 aliphatic heterocycles. The molecule has 3 aromatic heterocycles. The molecular weight excluding hydrogens is 420 g/mol. The molecule has 1 amide bonds. The molecule has 0 spiro atoms. The van der Waals surface area contributed by atoms with Gasteiger partial charge in [0.05, 0.1) is 29.7 Å². The highest BCUT2D eigenvalue weighted by atomic mass is 32.1. The third-order valence-corrected chi connectivity index (χ3v) is 6.39. The summed E-state index contributed by atoms with van der Waals surface area (Å²) in [6.45, 7) is 1.90. The van der Waals surface area contributed by atoms with Crippen LogP contribution in [0.1, 0.15) is 15.4 Å². The van der Waals surface area contributed by atoms with Crippen molar-refractivity contribution in [1.29, 1.82) is 0 Å². The first-order valence-corrected chi connectivity index (χ1v) is 10.9. The molecule has 2 aromatic carbocycles. The van der Waals surface area contributed by atoms with Crippen LogP contribution in [0.25, 0.3) is 32.4 Å². The Morgan fingerprint density at radius 2 is 1.78 bits per heavy atom. The second-order valence-corrected chi connectivity index (χ2v) is 8.40. The molecule has 3 N–H and O–H groups in total. The SMILES string of the molecule is COc1ccc(-c2ccc3c(N)c(C(=O)Nc4cc(C)nc5ccccc45)sc3n2)cc1. The molecule has 0 unspecified atom stereocenters. The number of benzene rings is 2. The zero-order valence-corrected chi connectivity index (χ0v) is 18.4. The van der Waals surface area contributed by atoms with Gasteiger partial charge in [0, 0.05) is 22.0 Å². The van der Waals surface area contributed by atoms with E-state index < -0.39 is 0 Å². The number of aryl methyl sites for hydroxylation is 1. The number of nitrogen functional groups attached to an aromatic ring is 1. The number of pyridine rings is 2. The highest BCUT2D eigenvalue weighted by molar-refractivity contribution is 7.21. The number of nitrogens with one attached hydrogen (secondary N) is 1. The fourth-order valence-electron chi connectivity index (χ4n) is 3.68. The molecule has 0 saturated heterocycles. The van der Waals surface area contributed by atoms with Gasteiger partial charge in [-0.3, -0.25) is 9.78 Å². The number of para-hydroxylation sites is 1. The maximum absolute atomic E-state index is 13.1. The molecule has 5 rings (SSSR count). The number of nitrogens with two attached hydrogens (primary N) is 1. The minimum absolute atomic E-state index is 0.257. The number of carbonyl (C=O) groups is 1. The molecule has 32 heavy (non-hydrogen) atoms. The van der Waals surface area contributed by atoms with E-state index >= 15 is 0 Å². The smallest absolute Gasteiger partial charge is 0.267 e. The fraction of sp³-hybridized carbons (Fsp3) is 0.0800. The predicted molar refractivity (Wildman–Crippen MR) is 130 cm³/mol. The summed E-state index contributed by atoms with van der Waals surface area (Å²) < 4.78 is 5.22. The lowest BCUT2D eigenvalue weighted by Gasteiger charge is -2.09. The topological polar surface area (TPSA) is 90.1 Å². The summed E-state index contributed by atoms with van der Waals surface area (Å²) >= 11 is 1.29. The van der Waals surface area contributed by atoms with Gasteiger partial charge in [0.25, 0.3) is 5.91 Å². The van der Waals surface area contributed by atoms with Crippen molar-refractivity contribution >= 4 is 49.7 Å². The third kappa shape index (κ3) is 3.52. The Hall–Kier alpha value is -3.97. The molecule has 5 aromatic rings. The molecule has 0 aliphatic carbocycles. The second-order valence-electron chi connectivity index (χ2n) is 7.41. The average molecular weight is 441 g/mol. The van der Waals surface area contributed by atoms with Crippen LogP contribution < -0.4 is 15.8 Å². The number of aromatic nitrogens is 2. The van der Waals surface area contributed by atoms with Crippen LogP contribution in [0.4, 0.5) is 11.4 Å². The average Bonchev–Trinajstić information content (AvgIpc) is 3.15. The molecule has 0 fully saturated rings. The van der Waals surface area contributed by atoms with E-state index in [9.17, 15) is 4.79 Å². The Kier molecular flexibility index (Phi) is 4.95. The summed E-state index contributed by atoms with van der Waals surface area (Å²) in [6.07, 6.45) is 0. The largest absolute Gasteiger partial charge is 0.497 e. The first kappa shape index (κ1) is 20.0. The van der Waals surface area contributed by atoms with Crippen LogP contribution in [-0.4, -0.2) is 23.0 Å². The summed E-state index contributed by atoms with van der Waals surface area (Å²) in [5.74, 6) is 0.528. The van der Waals surface area contributed by atoms with Crippen LogP contribution in [0.2, 0.25) is 0 Å². The van der Waals surface area contributed by atoms with Crippen molar-refractivity contribution in [1.82, 2.24) is 9.97 Å². The van der Waals surface area contributed by atoms with Gasteiger partial charge in [0.2, 0.25) is 0 Å². The van der Waals surface area contributed by atoms with Crippen LogP contribution >= 0.6 is 11.3 Å². The van der Waals surface area contributed by atoms with E-state index in [1.54, 1.807) is 7.11 Å². The molecule has 0 atom stereocenters. The third-order valence-electron chi connectivity index (χ3n) is 5.28. The monoisotopic (exact) mass is 440 g/mol. The Morgan fingerprint density at radius 1 is 1.00 bits per heavy atom. The molecule has 0 radical (unpaired) electrons. The van der Waals surface area contributed by atoms with Gasteiger partial charge in [0.15, 0.2) is 0 Å². The maximum atomic E-state index is 13.1. The van der Waals surface area contributed by atoms with E-state index in [-0.39, 0.29) is 5.91 Å². The second kappa shape index (κ2) is 7.94. The van der Waals surface area contributed by atoms with E-state index in [2.05, 4.69) is 10.3 Å². The number of hydrogen-bond donors (Lipinski definition) is 2. The zero-order valence-electron chi connectivity index (χ0n) is 17.5. The fourth-order valence-corrected chi connectivity index (χ4v) is 4.67. The zero-order chi connectivity index (χ0) is 22.2. The van der Waals surface area contributed by atoms with Gasteiger partial charge in [0.1, 0.15) is 15.5 Å². The maximum Gasteiger partial charge on any atom is 0.267 e. The van der Waals surface area contributed by atoms with E-state index in [0.29, 0.717) is 16.3 Å². The van der Waals surface area contributed by atoms with Crippen LogP contribution in [0.15, 0.2) is 66.7 Å². The molecule has 3 heterocycles. The molecule has 0 bridgehead atoms. The van der Waals surface area contributed by atoms with Crippen molar-refractivity contribution in [3.05, 3.63) is 77.3 Å². The Bertz CT molecular complexity index is 1480. The molecule has 7 heteroatoms. The lowest BCUT2D eigenvalue weighted by molar-refractivity contribution is 0.103. The normalized spacial score (nSPS) is 11.1. The predicted octanol–water partition coefficient (Wildman–Crippen LogP) is 5.66. The summed E-state index contributed by atoms with van der Waals surface area (Å²) in [4.78, 5) is 23.6. The summed E-state index contributed by atoms with van der Waals surface area (Å²) in [5, 5.41) is 4.66. The summed E-state index contributed by atoms with van der Waals surface area (Å²) in [5.41, 5.74) is 10.9. The van der Waals surface area contributed by atoms with E-state index in [1.807, 2.05) is 73.7 Å². The number of rotatable bonds is 4. The van der Waals surface area contributed by atoms with Crippen molar-refractivity contribution in [2.45, 2.75) is 6.92 Å². The van der Waals surface area contributed by atoms with E-state index in [0.717, 1.165) is 43.8 Å². The van der Waals surface area contributed by atoms with E-state index in [1.165, 1.54) is 11.3 Å². The number of ether oxygens (including phenoxy) is 1. The van der Waals surface area contributed by atoms with Crippen LogP contribution in [0, 0.1) is 6.92 Å². The standard InChI is InChI=1S/C25H20N4O2S/c1-14-13-21(17-5-3-4-6-20(17)27-14)28-24(30)23-22(26)18-11-12-19(29-25(18)32-23)15-7-9-16(31-2)10-8-15/h3-13H,26H2,1-2H3,(H,27,28,30). The molecule has 0 saturated carbocycles. The van der Waals surface area contributed by atoms with Gasteiger partial charge < -0.3 is 15.8 Å². The first-order valence-electron chi connectivity index (χ1n) is 10.0. The number of carbonyl (C=O) groups excluding carboxylic acids is 1. The molecule has 0 aliphatic rings. The van der Waals surface area contributed by atoms with Gasteiger partial charge in [-0.05, 0) is 55.5 Å². The number of amides is 1.